The van der Waals surface area contributed by atoms with Crippen molar-refractivity contribution in [2.45, 2.75) is 25.7 Å². The Morgan fingerprint density at radius 1 is 1.22 bits per heavy atom. The number of rotatable bonds is 7. The number of hydrogen-bond donors (Lipinski definition) is 2. The first-order valence-electron chi connectivity index (χ1n) is 9.33. The first-order chi connectivity index (χ1) is 15.0. The molecule has 1 heterocycles. The minimum Gasteiger partial charge on any atom is -0.359 e. The van der Waals surface area contributed by atoms with Crippen molar-refractivity contribution in [3.63, 3.8) is 0 Å². The van der Waals surface area contributed by atoms with E-state index in [9.17, 15) is 22.0 Å². The summed E-state index contributed by atoms with van der Waals surface area (Å²) >= 11 is 3.53. The normalized spacial score (nSPS) is 12.4. The van der Waals surface area contributed by atoms with E-state index in [2.05, 4.69) is 10.5 Å². The highest BCUT2D eigenvalue weighted by Gasteiger charge is 2.27. The molecule has 0 bridgehead atoms. The molecule has 1 atom stereocenters. The van der Waals surface area contributed by atoms with Gasteiger partial charge in [-0.2, -0.15) is 0 Å². The van der Waals surface area contributed by atoms with Crippen molar-refractivity contribution < 1.29 is 26.5 Å². The smallest absolute Gasteiger partial charge is 0.266 e. The minimum atomic E-state index is -3.38. The maximum Gasteiger partial charge on any atom is 0.266 e. The second kappa shape index (κ2) is 9.41. The summed E-state index contributed by atoms with van der Waals surface area (Å²) in [4.78, 5) is 13.2. The molecule has 1 amide bonds. The molecular weight excluding hydrogens is 478 g/mol. The summed E-state index contributed by atoms with van der Waals surface area (Å²) in [6.07, 6.45) is 0. The van der Waals surface area contributed by atoms with Gasteiger partial charge in [0.2, 0.25) is 0 Å². The summed E-state index contributed by atoms with van der Waals surface area (Å²) in [7, 11) is -3.38. The molecule has 32 heavy (non-hydrogen) atoms. The van der Waals surface area contributed by atoms with Crippen LogP contribution in [0.15, 0.2) is 51.9 Å². The van der Waals surface area contributed by atoms with Crippen LogP contribution in [0.5, 0.6) is 0 Å². The Hall–Kier alpha value is -2.73. The summed E-state index contributed by atoms with van der Waals surface area (Å²) in [5.41, 5.74) is 1.07. The second-order valence-electron chi connectivity index (χ2n) is 6.74. The zero-order valence-corrected chi connectivity index (χ0v) is 19.7. The lowest BCUT2D eigenvalue weighted by Crippen LogP contribution is -2.24. The van der Waals surface area contributed by atoms with E-state index in [0.29, 0.717) is 17.1 Å². The monoisotopic (exact) mass is 497 g/mol. The Labute approximate surface area is 192 Å². The molecular formula is C20H20ClN3O6S2. The standard InChI is InChI=1S/C20H20ClN3O6S2/c1-4-32(28,29)16-8-6-15(7-9-16)22-20(25)17-11-14(21)5-10-18(17)24(31(26)27)19-12(2)23-30-13(19)3/h5-11H,4H2,1-3H3,(H,22,25)(H,26,27). The Morgan fingerprint density at radius 2 is 1.88 bits per heavy atom. The molecule has 2 aromatic carbocycles. The van der Waals surface area contributed by atoms with Gasteiger partial charge in [-0.25, -0.2) is 16.9 Å². The van der Waals surface area contributed by atoms with Gasteiger partial charge >= 0.3 is 0 Å². The van der Waals surface area contributed by atoms with Crippen LogP contribution in [0, 0.1) is 13.8 Å². The number of aryl methyl sites for hydroxylation is 2. The minimum absolute atomic E-state index is 0.0187. The molecule has 1 aromatic heterocycles. The van der Waals surface area contributed by atoms with E-state index >= 15 is 0 Å². The third kappa shape index (κ3) is 4.85. The van der Waals surface area contributed by atoms with Gasteiger partial charge in [0.05, 0.1) is 21.9 Å². The molecule has 9 nitrogen and oxygen atoms in total. The fourth-order valence-corrected chi connectivity index (χ4v) is 4.83. The molecule has 3 rings (SSSR count). The zero-order valence-electron chi connectivity index (χ0n) is 17.3. The molecule has 0 fully saturated rings. The number of benzene rings is 2. The van der Waals surface area contributed by atoms with E-state index < -0.39 is 27.0 Å². The second-order valence-corrected chi connectivity index (χ2v) is 10.3. The number of hydrogen-bond acceptors (Lipinski definition) is 6. The number of amides is 1. The lowest BCUT2D eigenvalue weighted by atomic mass is 10.1. The van der Waals surface area contributed by atoms with Gasteiger partial charge in [-0.15, -0.1) is 0 Å². The largest absolute Gasteiger partial charge is 0.359 e. The topological polar surface area (TPSA) is 130 Å². The van der Waals surface area contributed by atoms with Crippen molar-refractivity contribution in [3.8, 4) is 0 Å². The fourth-order valence-electron chi connectivity index (χ4n) is 3.03. The van der Waals surface area contributed by atoms with Crippen LogP contribution < -0.4 is 9.62 Å². The van der Waals surface area contributed by atoms with E-state index in [1.165, 1.54) is 42.5 Å². The molecule has 0 spiro atoms. The quantitative estimate of drug-likeness (QED) is 0.466. The van der Waals surface area contributed by atoms with Gasteiger partial charge in [-0.3, -0.25) is 9.35 Å². The van der Waals surface area contributed by atoms with Crippen molar-refractivity contribution in [3.05, 3.63) is 64.5 Å². The van der Waals surface area contributed by atoms with Crippen molar-refractivity contribution >= 4 is 55.7 Å². The molecule has 0 aliphatic rings. The van der Waals surface area contributed by atoms with E-state index in [1.807, 2.05) is 0 Å². The third-order valence-electron chi connectivity index (χ3n) is 4.63. The van der Waals surface area contributed by atoms with Crippen LogP contribution >= 0.6 is 11.6 Å². The highest BCUT2D eigenvalue weighted by Crippen LogP contribution is 2.36. The van der Waals surface area contributed by atoms with Crippen molar-refractivity contribution in [1.82, 2.24) is 5.16 Å². The Kier molecular flexibility index (Phi) is 7.03. The highest BCUT2D eigenvalue weighted by atomic mass is 35.5. The van der Waals surface area contributed by atoms with E-state index in [1.54, 1.807) is 20.8 Å². The van der Waals surface area contributed by atoms with E-state index in [-0.39, 0.29) is 32.6 Å². The van der Waals surface area contributed by atoms with Gasteiger partial charge in [0, 0.05) is 10.7 Å². The van der Waals surface area contributed by atoms with Crippen LogP contribution in [0.2, 0.25) is 5.02 Å². The molecule has 2 N–H and O–H groups in total. The SMILES string of the molecule is CCS(=O)(=O)c1ccc(NC(=O)c2cc(Cl)ccc2N(c2c(C)noc2C)S(=O)O)cc1. The predicted octanol–water partition coefficient (Wildman–Crippen LogP) is 4.27. The summed E-state index contributed by atoms with van der Waals surface area (Å²) in [6.45, 7) is 4.73. The van der Waals surface area contributed by atoms with Crippen molar-refractivity contribution in [1.29, 1.82) is 0 Å². The predicted molar refractivity (Wildman–Crippen MR) is 122 cm³/mol. The number of carbonyl (C=O) groups excluding carboxylic acids is 1. The average Bonchev–Trinajstić information content (AvgIpc) is 3.07. The lowest BCUT2D eigenvalue weighted by Gasteiger charge is -2.22. The van der Waals surface area contributed by atoms with Gasteiger partial charge in [-0.05, 0) is 56.3 Å². The lowest BCUT2D eigenvalue weighted by molar-refractivity contribution is 0.102. The van der Waals surface area contributed by atoms with Crippen LogP contribution in [0.3, 0.4) is 0 Å². The average molecular weight is 498 g/mol. The molecule has 0 saturated carbocycles. The van der Waals surface area contributed by atoms with Crippen LogP contribution in [0.25, 0.3) is 0 Å². The van der Waals surface area contributed by atoms with Crippen molar-refractivity contribution in [2.75, 3.05) is 15.4 Å². The number of nitrogens with one attached hydrogen (secondary N) is 1. The fraction of sp³-hybridized carbons (Fsp3) is 0.200. The van der Waals surface area contributed by atoms with Gasteiger partial charge in [-0.1, -0.05) is 23.7 Å². The Balaban J connectivity index is 2.01. The summed E-state index contributed by atoms with van der Waals surface area (Å²) < 4.78 is 52.3. The molecule has 12 heteroatoms. The molecule has 1 unspecified atom stereocenters. The first-order valence-corrected chi connectivity index (χ1v) is 12.4. The van der Waals surface area contributed by atoms with Gasteiger partial charge in [0.15, 0.2) is 15.6 Å². The van der Waals surface area contributed by atoms with E-state index in [4.69, 9.17) is 16.1 Å². The van der Waals surface area contributed by atoms with Gasteiger partial charge in [0.25, 0.3) is 17.2 Å². The number of nitrogens with zero attached hydrogens (tertiary/aromatic N) is 2. The molecule has 0 aliphatic carbocycles. The van der Waals surface area contributed by atoms with Crippen LogP contribution in [-0.2, 0) is 21.1 Å². The number of carbonyl (C=O) groups is 1. The first kappa shape index (κ1) is 23.9. The molecule has 3 aromatic rings. The maximum absolute atomic E-state index is 13.1. The summed E-state index contributed by atoms with van der Waals surface area (Å²) in [6, 6.07) is 9.99. The summed E-state index contributed by atoms with van der Waals surface area (Å²) in [5.74, 6) is -0.366. The van der Waals surface area contributed by atoms with Crippen LogP contribution in [0.1, 0.15) is 28.7 Å². The molecule has 0 saturated heterocycles. The number of halogens is 1. The number of anilines is 3. The molecule has 0 aliphatic heterocycles. The Bertz CT molecular complexity index is 1270. The van der Waals surface area contributed by atoms with Crippen LogP contribution in [0.4, 0.5) is 17.1 Å². The third-order valence-corrected chi connectivity index (χ3v) is 7.31. The van der Waals surface area contributed by atoms with E-state index in [0.717, 1.165) is 4.31 Å². The maximum atomic E-state index is 13.1. The van der Waals surface area contributed by atoms with Gasteiger partial charge in [0.1, 0.15) is 11.4 Å². The highest BCUT2D eigenvalue weighted by molar-refractivity contribution is 7.91. The number of aromatic nitrogens is 1. The zero-order chi connectivity index (χ0) is 23.6. The number of sulfone groups is 1. The van der Waals surface area contributed by atoms with Crippen LogP contribution in [-0.4, -0.2) is 34.0 Å². The van der Waals surface area contributed by atoms with Crippen molar-refractivity contribution in [2.24, 2.45) is 0 Å². The Morgan fingerprint density at radius 3 is 2.41 bits per heavy atom. The molecule has 170 valence electrons. The van der Waals surface area contributed by atoms with Gasteiger partial charge < -0.3 is 9.84 Å². The summed E-state index contributed by atoms with van der Waals surface area (Å²) in [5, 5.41) is 6.70. The molecule has 0 radical (unpaired) electrons.